The van der Waals surface area contributed by atoms with Gasteiger partial charge in [0.15, 0.2) is 0 Å². The Kier molecular flexibility index (Phi) is 7.37. The van der Waals surface area contributed by atoms with E-state index in [2.05, 4.69) is 24.1 Å². The van der Waals surface area contributed by atoms with Crippen LogP contribution in [0.3, 0.4) is 0 Å². The van der Waals surface area contributed by atoms with Crippen molar-refractivity contribution in [3.8, 4) is 0 Å². The Labute approximate surface area is 194 Å². The molecule has 1 aromatic heterocycles. The third kappa shape index (κ3) is 6.40. The van der Waals surface area contributed by atoms with Gasteiger partial charge < -0.3 is 14.6 Å². The first-order valence-electron chi connectivity index (χ1n) is 11.4. The standard InChI is InChI=1S/C27H31N3O3/c1-20-16-29(17-21(2)33-20)18-23-10-12-25(13-11-23)27(32)28-15-22-6-8-24(9-7-22)19-30-14-4-3-5-26(30)31/h3-14,20-21H,15-19H2,1-2H3,(H,28,32). The van der Waals surface area contributed by atoms with Gasteiger partial charge in [-0.2, -0.15) is 0 Å². The fraction of sp³-hybridized carbons (Fsp3) is 0.333. The van der Waals surface area contributed by atoms with Gasteiger partial charge in [0, 0.05) is 44.0 Å². The molecular weight excluding hydrogens is 414 g/mol. The summed E-state index contributed by atoms with van der Waals surface area (Å²) >= 11 is 0. The summed E-state index contributed by atoms with van der Waals surface area (Å²) in [6.07, 6.45) is 2.27. The molecular formula is C27H31N3O3. The average molecular weight is 446 g/mol. The average Bonchev–Trinajstić information content (AvgIpc) is 2.80. The first kappa shape index (κ1) is 23.0. The Bertz CT molecular complexity index is 1110. The van der Waals surface area contributed by atoms with Crippen molar-refractivity contribution in [3.63, 3.8) is 0 Å². The van der Waals surface area contributed by atoms with E-state index in [1.165, 1.54) is 5.56 Å². The summed E-state index contributed by atoms with van der Waals surface area (Å²) in [6, 6.07) is 20.9. The Hall–Kier alpha value is -3.22. The lowest BCUT2D eigenvalue weighted by Crippen LogP contribution is -2.44. The number of aromatic nitrogens is 1. The Morgan fingerprint density at radius 3 is 2.15 bits per heavy atom. The summed E-state index contributed by atoms with van der Waals surface area (Å²) < 4.78 is 7.46. The molecule has 1 aliphatic rings. The molecule has 0 saturated carbocycles. The predicted octanol–water partition coefficient (Wildman–Crippen LogP) is 3.44. The van der Waals surface area contributed by atoms with Crippen LogP contribution in [0.1, 0.15) is 40.9 Å². The maximum atomic E-state index is 12.6. The van der Waals surface area contributed by atoms with Gasteiger partial charge in [-0.1, -0.05) is 42.5 Å². The van der Waals surface area contributed by atoms with Crippen molar-refractivity contribution in [2.75, 3.05) is 13.1 Å². The van der Waals surface area contributed by atoms with E-state index in [1.807, 2.05) is 54.6 Å². The van der Waals surface area contributed by atoms with E-state index in [4.69, 9.17) is 4.74 Å². The minimum atomic E-state index is -0.0879. The van der Waals surface area contributed by atoms with Gasteiger partial charge in [0.2, 0.25) is 0 Å². The number of pyridine rings is 1. The number of hydrogen-bond donors (Lipinski definition) is 1. The second-order valence-electron chi connectivity index (χ2n) is 8.81. The van der Waals surface area contributed by atoms with E-state index in [0.717, 1.165) is 30.8 Å². The molecule has 0 radical (unpaired) electrons. The molecule has 2 unspecified atom stereocenters. The zero-order valence-electron chi connectivity index (χ0n) is 19.2. The van der Waals surface area contributed by atoms with Crippen LogP contribution in [0.2, 0.25) is 0 Å². The summed E-state index contributed by atoms with van der Waals surface area (Å²) in [4.78, 5) is 26.8. The third-order valence-corrected chi connectivity index (χ3v) is 5.85. The van der Waals surface area contributed by atoms with Crippen LogP contribution in [0.15, 0.2) is 77.7 Å². The summed E-state index contributed by atoms with van der Waals surface area (Å²) in [5.74, 6) is -0.0879. The molecule has 172 valence electrons. The second kappa shape index (κ2) is 10.6. The molecule has 0 aliphatic carbocycles. The van der Waals surface area contributed by atoms with Crippen molar-refractivity contribution in [1.29, 1.82) is 0 Å². The van der Waals surface area contributed by atoms with Crippen molar-refractivity contribution in [3.05, 3.63) is 106 Å². The van der Waals surface area contributed by atoms with E-state index in [-0.39, 0.29) is 23.7 Å². The number of carbonyl (C=O) groups excluding carboxylic acids is 1. The number of carbonyl (C=O) groups is 1. The highest BCUT2D eigenvalue weighted by molar-refractivity contribution is 5.94. The molecule has 0 bridgehead atoms. The Morgan fingerprint density at radius 2 is 1.48 bits per heavy atom. The smallest absolute Gasteiger partial charge is 0.251 e. The number of nitrogens with one attached hydrogen (secondary N) is 1. The van der Waals surface area contributed by atoms with Crippen LogP contribution in [0.25, 0.3) is 0 Å². The maximum Gasteiger partial charge on any atom is 0.251 e. The van der Waals surface area contributed by atoms with Crippen molar-refractivity contribution < 1.29 is 9.53 Å². The normalized spacial score (nSPS) is 18.7. The predicted molar refractivity (Wildman–Crippen MR) is 129 cm³/mol. The fourth-order valence-corrected chi connectivity index (χ4v) is 4.27. The van der Waals surface area contributed by atoms with Gasteiger partial charge in [-0.3, -0.25) is 14.5 Å². The van der Waals surface area contributed by atoms with E-state index in [0.29, 0.717) is 18.7 Å². The molecule has 1 N–H and O–H groups in total. The lowest BCUT2D eigenvalue weighted by Gasteiger charge is -2.35. The molecule has 1 amide bonds. The summed E-state index contributed by atoms with van der Waals surface area (Å²) in [6.45, 7) is 7.90. The van der Waals surface area contributed by atoms with Crippen LogP contribution in [0.5, 0.6) is 0 Å². The molecule has 2 atom stereocenters. The van der Waals surface area contributed by atoms with Crippen LogP contribution < -0.4 is 10.9 Å². The first-order chi connectivity index (χ1) is 16.0. The van der Waals surface area contributed by atoms with Crippen LogP contribution in [0.4, 0.5) is 0 Å². The van der Waals surface area contributed by atoms with Crippen molar-refractivity contribution in [2.24, 2.45) is 0 Å². The highest BCUT2D eigenvalue weighted by Crippen LogP contribution is 2.15. The molecule has 4 rings (SSSR count). The monoisotopic (exact) mass is 445 g/mol. The van der Waals surface area contributed by atoms with Crippen LogP contribution in [-0.2, 0) is 24.4 Å². The van der Waals surface area contributed by atoms with Crippen LogP contribution >= 0.6 is 0 Å². The second-order valence-corrected chi connectivity index (χ2v) is 8.81. The van der Waals surface area contributed by atoms with Crippen LogP contribution in [0, 0.1) is 0 Å². The van der Waals surface area contributed by atoms with E-state index in [9.17, 15) is 9.59 Å². The lowest BCUT2D eigenvalue weighted by molar-refractivity contribution is -0.0704. The van der Waals surface area contributed by atoms with E-state index in [1.54, 1.807) is 22.9 Å². The number of nitrogens with zero attached hydrogens (tertiary/aromatic N) is 2. The van der Waals surface area contributed by atoms with Gasteiger partial charge in [-0.15, -0.1) is 0 Å². The molecule has 2 aromatic carbocycles. The molecule has 3 aromatic rings. The topological polar surface area (TPSA) is 63.6 Å². The van der Waals surface area contributed by atoms with Gasteiger partial charge in [-0.25, -0.2) is 0 Å². The SMILES string of the molecule is CC1CN(Cc2ccc(C(=O)NCc3ccc(Cn4ccccc4=O)cc3)cc2)CC(C)O1. The maximum absolute atomic E-state index is 12.6. The highest BCUT2D eigenvalue weighted by Gasteiger charge is 2.22. The largest absolute Gasteiger partial charge is 0.373 e. The molecule has 33 heavy (non-hydrogen) atoms. The summed E-state index contributed by atoms with van der Waals surface area (Å²) in [5.41, 5.74) is 3.88. The number of rotatable bonds is 7. The van der Waals surface area contributed by atoms with Crippen molar-refractivity contribution in [1.82, 2.24) is 14.8 Å². The molecule has 6 heteroatoms. The van der Waals surface area contributed by atoms with Crippen LogP contribution in [-0.4, -0.2) is 40.7 Å². The van der Waals surface area contributed by atoms with Gasteiger partial charge in [0.1, 0.15) is 0 Å². The quantitative estimate of drug-likeness (QED) is 0.605. The number of benzene rings is 2. The van der Waals surface area contributed by atoms with E-state index >= 15 is 0 Å². The molecule has 1 fully saturated rings. The first-order valence-corrected chi connectivity index (χ1v) is 11.4. The minimum absolute atomic E-state index is 0.0195. The summed E-state index contributed by atoms with van der Waals surface area (Å²) in [5, 5.41) is 2.98. The number of ether oxygens (including phenoxy) is 1. The minimum Gasteiger partial charge on any atom is -0.373 e. The van der Waals surface area contributed by atoms with E-state index < -0.39 is 0 Å². The van der Waals surface area contributed by atoms with Crippen molar-refractivity contribution >= 4 is 5.91 Å². The lowest BCUT2D eigenvalue weighted by atomic mass is 10.1. The number of amides is 1. The molecule has 1 aliphatic heterocycles. The number of hydrogen-bond acceptors (Lipinski definition) is 4. The molecule has 1 saturated heterocycles. The summed E-state index contributed by atoms with van der Waals surface area (Å²) in [7, 11) is 0. The third-order valence-electron chi connectivity index (χ3n) is 5.85. The molecule has 2 heterocycles. The zero-order chi connectivity index (χ0) is 23.2. The van der Waals surface area contributed by atoms with Gasteiger partial charge >= 0.3 is 0 Å². The van der Waals surface area contributed by atoms with Gasteiger partial charge in [0.25, 0.3) is 11.5 Å². The fourth-order valence-electron chi connectivity index (χ4n) is 4.27. The van der Waals surface area contributed by atoms with Gasteiger partial charge in [-0.05, 0) is 48.7 Å². The van der Waals surface area contributed by atoms with Crippen molar-refractivity contribution in [2.45, 2.75) is 45.7 Å². The Morgan fingerprint density at radius 1 is 0.879 bits per heavy atom. The Balaban J connectivity index is 1.28. The molecule has 6 nitrogen and oxygen atoms in total. The number of morpholine rings is 1. The highest BCUT2D eigenvalue weighted by atomic mass is 16.5. The van der Waals surface area contributed by atoms with Gasteiger partial charge in [0.05, 0.1) is 18.8 Å². The zero-order valence-corrected chi connectivity index (χ0v) is 19.2. The molecule has 0 spiro atoms.